The maximum atomic E-state index is 13.1. The maximum absolute atomic E-state index is 13.1. The normalized spacial score (nSPS) is 13.2. The Labute approximate surface area is 185 Å². The smallest absolute Gasteiger partial charge is 0.272 e. The Hall–Kier alpha value is -2.45. The molecule has 0 aromatic heterocycles. The lowest BCUT2D eigenvalue weighted by atomic mass is 9.84. The zero-order chi connectivity index (χ0) is 23.4. The average molecular weight is 436 g/mol. The van der Waals surface area contributed by atoms with Crippen molar-refractivity contribution in [2.24, 2.45) is 5.41 Å². The minimum Gasteiger partial charge on any atom is -0.371 e. The third-order valence-electron chi connectivity index (χ3n) is 5.20. The number of methoxy groups -OCH3 is 1. The minimum atomic E-state index is -1.14. The van der Waals surface area contributed by atoms with E-state index in [1.165, 1.54) is 23.1 Å². The Morgan fingerprint density at radius 1 is 1.06 bits per heavy atom. The van der Waals surface area contributed by atoms with E-state index < -0.39 is 23.5 Å². The second kappa shape index (κ2) is 13.1. The molecule has 0 aliphatic carbocycles. The van der Waals surface area contributed by atoms with Crippen LogP contribution >= 0.6 is 0 Å². The first-order chi connectivity index (χ1) is 14.6. The van der Waals surface area contributed by atoms with Crippen LogP contribution in [0.4, 0.5) is 0 Å². The Morgan fingerprint density at radius 3 is 2.23 bits per heavy atom. The number of hydroxylamine groups is 1. The summed E-state index contributed by atoms with van der Waals surface area (Å²) >= 11 is 0. The maximum Gasteiger partial charge on any atom is 0.272 e. The number of carbonyl (C=O) groups excluding carboxylic acids is 3. The van der Waals surface area contributed by atoms with Gasteiger partial charge in [0.15, 0.2) is 0 Å². The number of carbonyl (C=O) groups is 3. The van der Waals surface area contributed by atoms with Gasteiger partial charge in [0, 0.05) is 20.7 Å². The molecule has 0 fully saturated rings. The van der Waals surface area contributed by atoms with E-state index in [1.807, 2.05) is 39.0 Å². The van der Waals surface area contributed by atoms with Gasteiger partial charge in [-0.05, 0) is 30.2 Å². The molecule has 0 aliphatic heterocycles. The molecule has 0 bridgehead atoms. The highest BCUT2D eigenvalue weighted by Gasteiger charge is 2.39. The van der Waals surface area contributed by atoms with Gasteiger partial charge in [-0.1, -0.05) is 57.5 Å². The molecule has 0 saturated heterocycles. The van der Waals surface area contributed by atoms with Gasteiger partial charge in [0.2, 0.25) is 11.8 Å². The summed E-state index contributed by atoms with van der Waals surface area (Å²) in [6.45, 7) is 6.09. The molecule has 8 nitrogen and oxygen atoms in total. The molecule has 3 N–H and O–H groups in total. The number of nitrogens with one attached hydrogen (secondary N) is 2. The molecule has 0 aliphatic rings. The Kier molecular flexibility index (Phi) is 11.2. The standard InChI is InChI=1S/C23H37N3O5/c1-23(2,3)20(22(29)24-4)26(19(27)16-18(31-5)21(28)25-30)15-11-7-10-14-17-12-8-6-9-13-17/h6,8-9,12-13,18,20,30H,7,10-11,14-16H2,1-5H3,(H,24,29)(H,25,28)/t18-,20+/m0/s1. The van der Waals surface area contributed by atoms with Gasteiger partial charge >= 0.3 is 0 Å². The lowest BCUT2D eigenvalue weighted by molar-refractivity contribution is -0.151. The number of benzene rings is 1. The fraction of sp³-hybridized carbons (Fsp3) is 0.609. The van der Waals surface area contributed by atoms with Gasteiger partial charge in [-0.3, -0.25) is 19.6 Å². The lowest BCUT2D eigenvalue weighted by Crippen LogP contribution is -2.56. The van der Waals surface area contributed by atoms with Crippen LogP contribution in [-0.4, -0.2) is 60.7 Å². The number of hydrogen-bond acceptors (Lipinski definition) is 5. The molecule has 0 radical (unpaired) electrons. The quantitative estimate of drug-likeness (QED) is 0.265. The molecule has 8 heteroatoms. The van der Waals surface area contributed by atoms with Gasteiger partial charge in [0.1, 0.15) is 12.1 Å². The molecular weight excluding hydrogens is 398 g/mol. The molecular formula is C23H37N3O5. The molecule has 0 saturated carbocycles. The van der Waals surface area contributed by atoms with Crippen molar-refractivity contribution in [3.63, 3.8) is 0 Å². The molecule has 1 aromatic carbocycles. The van der Waals surface area contributed by atoms with Crippen molar-refractivity contribution in [3.05, 3.63) is 35.9 Å². The van der Waals surface area contributed by atoms with Crippen molar-refractivity contribution in [1.82, 2.24) is 15.7 Å². The van der Waals surface area contributed by atoms with Crippen LogP contribution in [0.15, 0.2) is 30.3 Å². The largest absolute Gasteiger partial charge is 0.371 e. The fourth-order valence-electron chi connectivity index (χ4n) is 3.60. The molecule has 3 amide bonds. The molecule has 0 unspecified atom stereocenters. The number of amides is 3. The number of aryl methyl sites for hydroxylation is 1. The van der Waals surface area contributed by atoms with Crippen LogP contribution in [0.2, 0.25) is 0 Å². The van der Waals surface area contributed by atoms with Crippen LogP contribution in [0.3, 0.4) is 0 Å². The number of ether oxygens (including phenoxy) is 1. The molecule has 1 rings (SSSR count). The zero-order valence-corrected chi connectivity index (χ0v) is 19.3. The van der Waals surface area contributed by atoms with E-state index in [-0.39, 0.29) is 18.2 Å². The first-order valence-electron chi connectivity index (χ1n) is 10.7. The third-order valence-corrected chi connectivity index (χ3v) is 5.20. The van der Waals surface area contributed by atoms with Crippen LogP contribution in [0.25, 0.3) is 0 Å². The van der Waals surface area contributed by atoms with Gasteiger partial charge < -0.3 is 15.0 Å². The predicted octanol–water partition coefficient (Wildman–Crippen LogP) is 2.30. The van der Waals surface area contributed by atoms with Gasteiger partial charge in [-0.2, -0.15) is 0 Å². The molecule has 31 heavy (non-hydrogen) atoms. The monoisotopic (exact) mass is 435 g/mol. The summed E-state index contributed by atoms with van der Waals surface area (Å²) in [6, 6.07) is 9.50. The summed E-state index contributed by atoms with van der Waals surface area (Å²) in [7, 11) is 2.84. The van der Waals surface area contributed by atoms with E-state index in [2.05, 4.69) is 17.4 Å². The van der Waals surface area contributed by atoms with Crippen molar-refractivity contribution >= 4 is 17.7 Å². The minimum absolute atomic E-state index is 0.259. The van der Waals surface area contributed by atoms with Crippen LogP contribution in [0, 0.1) is 5.41 Å². The van der Waals surface area contributed by atoms with E-state index in [0.717, 1.165) is 25.7 Å². The summed E-state index contributed by atoms with van der Waals surface area (Å²) in [5, 5.41) is 11.5. The van der Waals surface area contributed by atoms with Gasteiger partial charge in [-0.25, -0.2) is 5.48 Å². The van der Waals surface area contributed by atoms with E-state index in [4.69, 9.17) is 9.94 Å². The van der Waals surface area contributed by atoms with Crippen LogP contribution in [-0.2, 0) is 25.5 Å². The van der Waals surface area contributed by atoms with E-state index >= 15 is 0 Å². The average Bonchev–Trinajstić information content (AvgIpc) is 2.75. The molecule has 1 aromatic rings. The van der Waals surface area contributed by atoms with Crippen molar-refractivity contribution < 1.29 is 24.3 Å². The number of likely N-dealkylation sites (N-methyl/N-ethyl adjacent to an activating group) is 1. The SMILES string of the molecule is CNC(=O)[C@@H](N(CCCCCc1ccccc1)C(=O)C[C@H](OC)C(=O)NO)C(C)(C)C. The molecule has 174 valence electrons. The summed E-state index contributed by atoms with van der Waals surface area (Å²) in [6.07, 6.45) is 2.15. The molecule has 0 spiro atoms. The molecule has 2 atom stereocenters. The van der Waals surface area contributed by atoms with Crippen molar-refractivity contribution in [3.8, 4) is 0 Å². The highest BCUT2D eigenvalue weighted by Crippen LogP contribution is 2.26. The Balaban J connectivity index is 2.88. The van der Waals surface area contributed by atoms with Gasteiger partial charge in [0.05, 0.1) is 6.42 Å². The van der Waals surface area contributed by atoms with Crippen LogP contribution < -0.4 is 10.8 Å². The van der Waals surface area contributed by atoms with Gasteiger partial charge in [-0.15, -0.1) is 0 Å². The van der Waals surface area contributed by atoms with Gasteiger partial charge in [0.25, 0.3) is 5.91 Å². The summed E-state index contributed by atoms with van der Waals surface area (Å²) in [5.41, 5.74) is 2.27. The molecule has 0 heterocycles. The number of hydrogen-bond donors (Lipinski definition) is 3. The van der Waals surface area contributed by atoms with Crippen LogP contribution in [0.5, 0.6) is 0 Å². The van der Waals surface area contributed by atoms with Crippen LogP contribution in [0.1, 0.15) is 52.0 Å². The zero-order valence-electron chi connectivity index (χ0n) is 19.3. The number of unbranched alkanes of at least 4 members (excludes halogenated alkanes) is 2. The van der Waals surface area contributed by atoms with Crippen molar-refractivity contribution in [2.75, 3.05) is 20.7 Å². The summed E-state index contributed by atoms with van der Waals surface area (Å²) < 4.78 is 5.05. The van der Waals surface area contributed by atoms with Crippen molar-refractivity contribution in [1.29, 1.82) is 0 Å². The van der Waals surface area contributed by atoms with E-state index in [9.17, 15) is 14.4 Å². The second-order valence-electron chi connectivity index (χ2n) is 8.67. The first-order valence-corrected chi connectivity index (χ1v) is 10.7. The van der Waals surface area contributed by atoms with E-state index in [1.54, 1.807) is 7.05 Å². The summed E-state index contributed by atoms with van der Waals surface area (Å²) in [5.74, 6) is -1.43. The third kappa shape index (κ3) is 8.67. The first kappa shape index (κ1) is 26.6. The Bertz CT molecular complexity index is 703. The lowest BCUT2D eigenvalue weighted by Gasteiger charge is -2.39. The van der Waals surface area contributed by atoms with E-state index in [0.29, 0.717) is 6.54 Å². The second-order valence-corrected chi connectivity index (χ2v) is 8.67. The van der Waals surface area contributed by atoms with Crippen molar-refractivity contribution in [2.45, 2.75) is 65.0 Å². The predicted molar refractivity (Wildman–Crippen MR) is 118 cm³/mol. The highest BCUT2D eigenvalue weighted by atomic mass is 16.5. The fourth-order valence-corrected chi connectivity index (χ4v) is 3.60. The topological polar surface area (TPSA) is 108 Å². The Morgan fingerprint density at radius 2 is 1.71 bits per heavy atom. The summed E-state index contributed by atoms with van der Waals surface area (Å²) in [4.78, 5) is 39.1. The number of nitrogens with zero attached hydrogens (tertiary/aromatic N) is 1. The number of rotatable bonds is 12. The highest BCUT2D eigenvalue weighted by molar-refractivity contribution is 5.91.